The molecule has 1 aliphatic carbocycles. The first-order valence-electron chi connectivity index (χ1n) is 10.2. The minimum Gasteiger partial charge on any atom is -0.461 e. The van der Waals surface area contributed by atoms with Gasteiger partial charge in [-0.15, -0.1) is 0 Å². The minimum atomic E-state index is -1.01. The fourth-order valence-electron chi connectivity index (χ4n) is 3.60. The number of unbranched alkanes of at least 4 members (excludes halogenated alkanes) is 2. The van der Waals surface area contributed by atoms with E-state index in [0.717, 1.165) is 25.7 Å². The number of ether oxygens (including phenoxy) is 1. The molecule has 1 atom stereocenters. The van der Waals surface area contributed by atoms with Crippen molar-refractivity contribution in [3.05, 3.63) is 35.4 Å². The Bertz CT molecular complexity index is 608. The van der Waals surface area contributed by atoms with Crippen LogP contribution < -0.4 is 0 Å². The number of carbonyl (C=O) groups excluding carboxylic acids is 1. The molecule has 142 valence electrons. The van der Waals surface area contributed by atoms with Crippen molar-refractivity contribution in [2.24, 2.45) is 5.41 Å². The van der Waals surface area contributed by atoms with Gasteiger partial charge in [-0.05, 0) is 68.9 Å². The van der Waals surface area contributed by atoms with Crippen LogP contribution >= 0.6 is 0 Å². The smallest absolute Gasteiger partial charge is 0.326 e. The van der Waals surface area contributed by atoms with E-state index in [1.54, 1.807) is 6.92 Å². The summed E-state index contributed by atoms with van der Waals surface area (Å²) in [4.78, 5) is 12.2. The summed E-state index contributed by atoms with van der Waals surface area (Å²) in [6.07, 6.45) is 9.32. The van der Waals surface area contributed by atoms with E-state index in [4.69, 9.17) is 4.74 Å². The molecule has 0 heterocycles. The zero-order valence-electron chi connectivity index (χ0n) is 16.6. The van der Waals surface area contributed by atoms with Gasteiger partial charge in [-0.3, -0.25) is 4.79 Å². The SMILES string of the molecule is CCCCCc1ccc(C2CCC(OC(=O)C(C)(C#N)CC)CC2)cc1. The molecule has 1 saturated carbocycles. The second-order valence-corrected chi connectivity index (χ2v) is 7.88. The molecule has 2 rings (SSSR count). The van der Waals surface area contributed by atoms with Crippen molar-refractivity contribution in [3.8, 4) is 6.07 Å². The maximum atomic E-state index is 12.2. The predicted octanol–water partition coefficient (Wildman–Crippen LogP) is 5.93. The number of rotatable bonds is 8. The molecule has 1 aromatic carbocycles. The molecule has 0 aliphatic heterocycles. The van der Waals surface area contributed by atoms with Crippen LogP contribution in [0.1, 0.15) is 89.2 Å². The van der Waals surface area contributed by atoms with Crippen molar-refractivity contribution in [2.45, 2.75) is 90.6 Å². The number of esters is 1. The van der Waals surface area contributed by atoms with E-state index in [-0.39, 0.29) is 12.1 Å². The van der Waals surface area contributed by atoms with Gasteiger partial charge in [0.05, 0.1) is 6.07 Å². The average Bonchev–Trinajstić information content (AvgIpc) is 2.68. The summed E-state index contributed by atoms with van der Waals surface area (Å²) in [5.41, 5.74) is 1.83. The summed E-state index contributed by atoms with van der Waals surface area (Å²) in [5.74, 6) is 0.200. The van der Waals surface area contributed by atoms with Crippen molar-refractivity contribution in [1.82, 2.24) is 0 Å². The summed E-state index contributed by atoms with van der Waals surface area (Å²) in [5, 5.41) is 9.22. The topological polar surface area (TPSA) is 50.1 Å². The Hall–Kier alpha value is -1.82. The summed E-state index contributed by atoms with van der Waals surface area (Å²) in [7, 11) is 0. The van der Waals surface area contributed by atoms with Gasteiger partial charge in [0, 0.05) is 0 Å². The second-order valence-electron chi connectivity index (χ2n) is 7.88. The van der Waals surface area contributed by atoms with Gasteiger partial charge >= 0.3 is 5.97 Å². The molecule has 1 aromatic rings. The standard InChI is InChI=1S/C23H33NO2/c1-4-6-7-8-18-9-11-19(12-10-18)20-13-15-21(16-14-20)26-22(25)23(3,5-2)17-24/h9-12,20-21H,4-8,13-16H2,1-3H3. The number of aryl methyl sites for hydroxylation is 1. The number of hydrogen-bond donors (Lipinski definition) is 0. The molecule has 0 bridgehead atoms. The molecule has 0 amide bonds. The highest BCUT2D eigenvalue weighted by molar-refractivity contribution is 5.79. The van der Waals surface area contributed by atoms with E-state index < -0.39 is 5.41 Å². The van der Waals surface area contributed by atoms with Crippen LogP contribution in [0.25, 0.3) is 0 Å². The summed E-state index contributed by atoms with van der Waals surface area (Å²) in [6, 6.07) is 11.2. The molecule has 3 heteroatoms. The maximum Gasteiger partial charge on any atom is 0.326 e. The first-order chi connectivity index (χ1) is 12.5. The van der Waals surface area contributed by atoms with E-state index in [9.17, 15) is 10.1 Å². The van der Waals surface area contributed by atoms with Crippen LogP contribution in [0.15, 0.2) is 24.3 Å². The number of hydrogen-bond acceptors (Lipinski definition) is 3. The zero-order valence-corrected chi connectivity index (χ0v) is 16.6. The zero-order chi connectivity index (χ0) is 19.0. The van der Waals surface area contributed by atoms with E-state index in [1.165, 1.54) is 36.8 Å². The van der Waals surface area contributed by atoms with Gasteiger partial charge in [-0.1, -0.05) is 51.0 Å². The van der Waals surface area contributed by atoms with Crippen molar-refractivity contribution >= 4 is 5.97 Å². The molecule has 0 radical (unpaired) electrons. The first-order valence-corrected chi connectivity index (χ1v) is 10.2. The molecule has 1 aliphatic rings. The Morgan fingerprint density at radius 1 is 1.15 bits per heavy atom. The molecule has 0 saturated heterocycles. The van der Waals surface area contributed by atoms with Crippen molar-refractivity contribution in [2.75, 3.05) is 0 Å². The highest BCUT2D eigenvalue weighted by atomic mass is 16.5. The van der Waals surface area contributed by atoms with E-state index in [0.29, 0.717) is 12.3 Å². The Morgan fingerprint density at radius 2 is 1.81 bits per heavy atom. The quantitative estimate of drug-likeness (QED) is 0.429. The van der Waals surface area contributed by atoms with Gasteiger partial charge in [0.25, 0.3) is 0 Å². The van der Waals surface area contributed by atoms with Gasteiger partial charge in [0.1, 0.15) is 6.10 Å². The monoisotopic (exact) mass is 355 g/mol. The molecule has 0 aromatic heterocycles. The van der Waals surface area contributed by atoms with Crippen LogP contribution in [0.2, 0.25) is 0 Å². The normalized spacial score (nSPS) is 22.2. The van der Waals surface area contributed by atoms with Gasteiger partial charge < -0.3 is 4.74 Å². The summed E-state index contributed by atoms with van der Waals surface area (Å²) in [6.45, 7) is 5.76. The average molecular weight is 356 g/mol. The van der Waals surface area contributed by atoms with E-state index >= 15 is 0 Å². The highest BCUT2D eigenvalue weighted by Crippen LogP contribution is 2.35. The number of carbonyl (C=O) groups is 1. The molecular formula is C23H33NO2. The Labute approximate surface area is 158 Å². The number of benzene rings is 1. The number of nitrogens with zero attached hydrogens (tertiary/aromatic N) is 1. The third kappa shape index (κ3) is 5.34. The molecule has 3 nitrogen and oxygen atoms in total. The van der Waals surface area contributed by atoms with Crippen molar-refractivity contribution in [3.63, 3.8) is 0 Å². The predicted molar refractivity (Wildman–Crippen MR) is 105 cm³/mol. The third-order valence-corrected chi connectivity index (χ3v) is 5.87. The lowest BCUT2D eigenvalue weighted by Crippen LogP contribution is -2.33. The lowest BCUT2D eigenvalue weighted by atomic mass is 9.82. The van der Waals surface area contributed by atoms with Gasteiger partial charge in [0.2, 0.25) is 0 Å². The maximum absolute atomic E-state index is 12.2. The third-order valence-electron chi connectivity index (χ3n) is 5.87. The molecule has 0 N–H and O–H groups in total. The van der Waals surface area contributed by atoms with E-state index in [2.05, 4.69) is 37.3 Å². The summed E-state index contributed by atoms with van der Waals surface area (Å²) < 4.78 is 5.64. The van der Waals surface area contributed by atoms with Crippen LogP contribution in [0, 0.1) is 16.7 Å². The van der Waals surface area contributed by atoms with Gasteiger partial charge in [-0.2, -0.15) is 5.26 Å². The van der Waals surface area contributed by atoms with Crippen molar-refractivity contribution in [1.29, 1.82) is 5.26 Å². The Kier molecular flexibility index (Phi) is 7.69. The number of nitriles is 1. The molecule has 1 unspecified atom stereocenters. The molecule has 1 fully saturated rings. The lowest BCUT2D eigenvalue weighted by Gasteiger charge is -2.30. The van der Waals surface area contributed by atoms with Crippen LogP contribution in [0.4, 0.5) is 0 Å². The Balaban J connectivity index is 1.83. The van der Waals surface area contributed by atoms with E-state index in [1.807, 2.05) is 6.92 Å². The molecular weight excluding hydrogens is 322 g/mol. The fourth-order valence-corrected chi connectivity index (χ4v) is 3.60. The van der Waals surface area contributed by atoms with Crippen LogP contribution in [0.5, 0.6) is 0 Å². The highest BCUT2D eigenvalue weighted by Gasteiger charge is 2.35. The largest absolute Gasteiger partial charge is 0.461 e. The van der Waals surface area contributed by atoms with Crippen molar-refractivity contribution < 1.29 is 9.53 Å². The molecule has 0 spiro atoms. The fraction of sp³-hybridized carbons (Fsp3) is 0.652. The minimum absolute atomic E-state index is 0.0358. The van der Waals surface area contributed by atoms with Crippen LogP contribution in [-0.2, 0) is 16.0 Å². The van der Waals surface area contributed by atoms with Gasteiger partial charge in [0.15, 0.2) is 5.41 Å². The van der Waals surface area contributed by atoms with Crippen LogP contribution in [-0.4, -0.2) is 12.1 Å². The van der Waals surface area contributed by atoms with Crippen LogP contribution in [0.3, 0.4) is 0 Å². The Morgan fingerprint density at radius 3 is 2.35 bits per heavy atom. The second kappa shape index (κ2) is 9.76. The first kappa shape index (κ1) is 20.5. The molecule has 26 heavy (non-hydrogen) atoms. The summed E-state index contributed by atoms with van der Waals surface area (Å²) >= 11 is 0. The lowest BCUT2D eigenvalue weighted by molar-refractivity contribution is -0.159. The van der Waals surface area contributed by atoms with Gasteiger partial charge in [-0.25, -0.2) is 0 Å².